The van der Waals surface area contributed by atoms with E-state index in [4.69, 9.17) is 10.5 Å². The summed E-state index contributed by atoms with van der Waals surface area (Å²) in [5.74, 6) is 0. The maximum absolute atomic E-state index is 12.6. The van der Waals surface area contributed by atoms with Gasteiger partial charge >= 0.3 is 6.09 Å². The van der Waals surface area contributed by atoms with Gasteiger partial charge in [-0.3, -0.25) is 4.90 Å². The van der Waals surface area contributed by atoms with E-state index in [1.165, 1.54) is 5.56 Å². The number of ether oxygens (including phenoxy) is 1. The Hall–Kier alpha value is -3.11. The molecule has 0 unspecified atom stereocenters. The number of fused-ring (bicyclic) bond motifs is 1. The summed E-state index contributed by atoms with van der Waals surface area (Å²) in [5.41, 5.74) is 12.6. The fraction of sp³-hybridized carbons (Fsp3) is 0.174. The van der Waals surface area contributed by atoms with Crippen molar-refractivity contribution in [3.63, 3.8) is 0 Å². The molecule has 2 N–H and O–H groups in total. The molecule has 0 radical (unpaired) electrons. The molecule has 0 bridgehead atoms. The van der Waals surface area contributed by atoms with Crippen molar-refractivity contribution in [2.24, 2.45) is 5.73 Å². The van der Waals surface area contributed by atoms with E-state index in [1.807, 2.05) is 48.5 Å². The van der Waals surface area contributed by atoms with Gasteiger partial charge in [-0.2, -0.15) is 0 Å². The number of nitrogens with two attached hydrogens (primary N) is 1. The van der Waals surface area contributed by atoms with E-state index in [2.05, 4.69) is 24.3 Å². The van der Waals surface area contributed by atoms with E-state index < -0.39 is 0 Å². The van der Waals surface area contributed by atoms with Gasteiger partial charge in [-0.25, -0.2) is 4.79 Å². The lowest BCUT2D eigenvalue weighted by molar-refractivity contribution is 0.0955. The number of carbonyl (C=O) groups excluding carboxylic acids is 1. The zero-order valence-electron chi connectivity index (χ0n) is 15.1. The number of rotatable bonds is 4. The van der Waals surface area contributed by atoms with E-state index in [-0.39, 0.29) is 12.7 Å². The minimum absolute atomic E-state index is 0.284. The van der Waals surface area contributed by atoms with Crippen LogP contribution in [0.15, 0.2) is 72.8 Å². The summed E-state index contributed by atoms with van der Waals surface area (Å²) < 4.78 is 5.51. The molecule has 0 atom stereocenters. The monoisotopic (exact) mass is 358 g/mol. The van der Waals surface area contributed by atoms with Gasteiger partial charge < -0.3 is 10.5 Å². The maximum atomic E-state index is 12.6. The van der Waals surface area contributed by atoms with Crippen molar-refractivity contribution in [2.75, 3.05) is 0 Å². The normalized spacial score (nSPS) is 12.7. The van der Waals surface area contributed by atoms with E-state index in [0.717, 1.165) is 27.8 Å². The highest BCUT2D eigenvalue weighted by Crippen LogP contribution is 2.34. The number of hydrogen-bond acceptors (Lipinski definition) is 3. The summed E-state index contributed by atoms with van der Waals surface area (Å²) >= 11 is 0. The molecule has 1 aliphatic heterocycles. The highest BCUT2D eigenvalue weighted by molar-refractivity contribution is 5.74. The van der Waals surface area contributed by atoms with Crippen LogP contribution in [0.2, 0.25) is 0 Å². The summed E-state index contributed by atoms with van der Waals surface area (Å²) in [6.07, 6.45) is -0.289. The molecule has 0 fully saturated rings. The first-order chi connectivity index (χ1) is 13.2. The van der Waals surface area contributed by atoms with Crippen LogP contribution < -0.4 is 5.73 Å². The van der Waals surface area contributed by atoms with Crippen LogP contribution in [0, 0.1) is 0 Å². The summed E-state index contributed by atoms with van der Waals surface area (Å²) in [6, 6.07) is 24.2. The molecule has 136 valence electrons. The summed E-state index contributed by atoms with van der Waals surface area (Å²) in [5, 5.41) is 0. The Morgan fingerprint density at radius 3 is 2.33 bits per heavy atom. The van der Waals surface area contributed by atoms with Crippen LogP contribution in [0.4, 0.5) is 4.79 Å². The quantitative estimate of drug-likeness (QED) is 0.749. The Bertz CT molecular complexity index is 939. The van der Waals surface area contributed by atoms with Crippen molar-refractivity contribution in [3.05, 3.63) is 95.1 Å². The smallest absolute Gasteiger partial charge is 0.410 e. The molecule has 0 aliphatic carbocycles. The molecule has 4 nitrogen and oxygen atoms in total. The van der Waals surface area contributed by atoms with Gasteiger partial charge in [0, 0.05) is 13.1 Å². The minimum atomic E-state index is -0.289. The molecule has 27 heavy (non-hydrogen) atoms. The molecule has 4 rings (SSSR count). The number of benzene rings is 3. The Morgan fingerprint density at radius 2 is 1.63 bits per heavy atom. The Balaban J connectivity index is 1.55. The van der Waals surface area contributed by atoms with Gasteiger partial charge in [0.25, 0.3) is 0 Å². The lowest BCUT2D eigenvalue weighted by Gasteiger charge is -2.15. The topological polar surface area (TPSA) is 55.6 Å². The average molecular weight is 358 g/mol. The molecule has 0 aromatic heterocycles. The van der Waals surface area contributed by atoms with Crippen molar-refractivity contribution >= 4 is 6.09 Å². The summed E-state index contributed by atoms with van der Waals surface area (Å²) in [4.78, 5) is 14.3. The van der Waals surface area contributed by atoms with Crippen molar-refractivity contribution in [1.82, 2.24) is 4.90 Å². The fourth-order valence-electron chi connectivity index (χ4n) is 3.51. The lowest BCUT2D eigenvalue weighted by atomic mass is 9.94. The van der Waals surface area contributed by atoms with Crippen molar-refractivity contribution < 1.29 is 9.53 Å². The first-order valence-electron chi connectivity index (χ1n) is 9.10. The van der Waals surface area contributed by atoms with Gasteiger partial charge in [-0.05, 0) is 39.4 Å². The van der Waals surface area contributed by atoms with E-state index in [0.29, 0.717) is 19.6 Å². The molecule has 0 saturated carbocycles. The molecular formula is C23H22N2O2. The Labute approximate surface area is 159 Å². The van der Waals surface area contributed by atoms with Gasteiger partial charge in [0.2, 0.25) is 0 Å². The van der Waals surface area contributed by atoms with Crippen molar-refractivity contribution in [1.29, 1.82) is 0 Å². The van der Waals surface area contributed by atoms with Gasteiger partial charge in [-0.15, -0.1) is 0 Å². The molecule has 4 heteroatoms. The van der Waals surface area contributed by atoms with Crippen LogP contribution in [0.5, 0.6) is 0 Å². The second-order valence-electron chi connectivity index (χ2n) is 6.75. The van der Waals surface area contributed by atoms with Crippen molar-refractivity contribution in [2.45, 2.75) is 26.2 Å². The van der Waals surface area contributed by atoms with E-state index in [9.17, 15) is 4.79 Å². The first kappa shape index (κ1) is 17.3. The Morgan fingerprint density at radius 1 is 0.926 bits per heavy atom. The zero-order valence-corrected chi connectivity index (χ0v) is 15.1. The molecule has 3 aromatic carbocycles. The molecular weight excluding hydrogens is 336 g/mol. The van der Waals surface area contributed by atoms with E-state index >= 15 is 0 Å². The van der Waals surface area contributed by atoms with Crippen LogP contribution in [-0.4, -0.2) is 11.0 Å². The SMILES string of the molecule is NCc1cc2c(c(-c3ccccc3)c1)CN(C(=O)OCc1ccccc1)C2. The van der Waals surface area contributed by atoms with Crippen LogP contribution in [0.1, 0.15) is 22.3 Å². The second-order valence-corrected chi connectivity index (χ2v) is 6.75. The van der Waals surface area contributed by atoms with Crippen LogP contribution in [0.3, 0.4) is 0 Å². The molecule has 0 saturated heterocycles. The van der Waals surface area contributed by atoms with Crippen LogP contribution in [0.25, 0.3) is 11.1 Å². The Kier molecular flexibility index (Phi) is 4.90. The van der Waals surface area contributed by atoms with Crippen LogP contribution in [-0.2, 0) is 31.0 Å². The highest BCUT2D eigenvalue weighted by atomic mass is 16.6. The van der Waals surface area contributed by atoms with Crippen LogP contribution >= 0.6 is 0 Å². The predicted octanol–water partition coefficient (Wildman–Crippen LogP) is 4.46. The molecule has 3 aromatic rings. The number of amides is 1. The molecule has 1 amide bonds. The maximum Gasteiger partial charge on any atom is 0.410 e. The molecule has 1 heterocycles. The van der Waals surface area contributed by atoms with E-state index in [1.54, 1.807) is 4.90 Å². The zero-order chi connectivity index (χ0) is 18.6. The molecule has 0 spiro atoms. The number of hydrogen-bond donors (Lipinski definition) is 1. The predicted molar refractivity (Wildman–Crippen MR) is 106 cm³/mol. The standard InChI is InChI=1S/C23H22N2O2/c24-13-18-11-20-14-25(23(26)27-16-17-7-3-1-4-8-17)15-22(20)21(12-18)19-9-5-2-6-10-19/h1-12H,13-16,24H2. The fourth-order valence-corrected chi connectivity index (χ4v) is 3.51. The largest absolute Gasteiger partial charge is 0.445 e. The first-order valence-corrected chi connectivity index (χ1v) is 9.10. The third-order valence-corrected chi connectivity index (χ3v) is 4.90. The number of nitrogens with zero attached hydrogens (tertiary/aromatic N) is 1. The summed E-state index contributed by atoms with van der Waals surface area (Å²) in [7, 11) is 0. The third kappa shape index (κ3) is 3.71. The lowest BCUT2D eigenvalue weighted by Crippen LogP contribution is -2.26. The van der Waals surface area contributed by atoms with Gasteiger partial charge in [-0.1, -0.05) is 66.7 Å². The highest BCUT2D eigenvalue weighted by Gasteiger charge is 2.27. The average Bonchev–Trinajstić information content (AvgIpc) is 3.17. The van der Waals surface area contributed by atoms with Gasteiger partial charge in [0.15, 0.2) is 0 Å². The minimum Gasteiger partial charge on any atom is -0.445 e. The third-order valence-electron chi connectivity index (χ3n) is 4.90. The molecule has 1 aliphatic rings. The van der Waals surface area contributed by atoms with Gasteiger partial charge in [0.05, 0.1) is 6.54 Å². The second kappa shape index (κ2) is 7.64. The van der Waals surface area contributed by atoms with Crippen molar-refractivity contribution in [3.8, 4) is 11.1 Å². The van der Waals surface area contributed by atoms with Gasteiger partial charge in [0.1, 0.15) is 6.61 Å². The number of carbonyl (C=O) groups is 1. The summed E-state index contributed by atoms with van der Waals surface area (Å²) in [6.45, 7) is 1.87.